The molecule has 2 fully saturated rings. The Hall–Kier alpha value is -3.81. The van der Waals surface area contributed by atoms with E-state index in [0.29, 0.717) is 60.2 Å². The molecule has 3 aliphatic heterocycles. The number of carbonyl (C=O) groups excluding carboxylic acids is 3. The Labute approximate surface area is 273 Å². The van der Waals surface area contributed by atoms with Gasteiger partial charge in [-0.05, 0) is 69.1 Å². The molecule has 13 heteroatoms. The van der Waals surface area contributed by atoms with E-state index in [0.717, 1.165) is 6.42 Å². The van der Waals surface area contributed by atoms with E-state index in [1.807, 2.05) is 19.1 Å². The van der Waals surface area contributed by atoms with Crippen molar-refractivity contribution >= 4 is 42.8 Å². The van der Waals surface area contributed by atoms with Crippen LogP contribution in [0.5, 0.6) is 0 Å². The molecule has 4 heterocycles. The number of fused-ring (bicyclic) bond motifs is 3. The summed E-state index contributed by atoms with van der Waals surface area (Å²) in [6.07, 6.45) is 1.75. The molecule has 3 aromatic rings. The number of likely N-dealkylation sites (tertiary alicyclic amines) is 1. The summed E-state index contributed by atoms with van der Waals surface area (Å²) >= 11 is 0. The fraction of sp³-hybridized carbons (Fsp3) is 0.529. The molecule has 11 nitrogen and oxygen atoms in total. The average Bonchev–Trinajstić information content (AvgIpc) is 3.79. The molecule has 0 unspecified atom stereocenters. The summed E-state index contributed by atoms with van der Waals surface area (Å²) in [6.45, 7) is 5.68. The zero-order valence-corrected chi connectivity index (χ0v) is 28.3. The zero-order valence-electron chi connectivity index (χ0n) is 27.3. The van der Waals surface area contributed by atoms with E-state index in [1.54, 1.807) is 53.2 Å². The second-order valence-corrected chi connectivity index (χ2v) is 17.3. The number of aromatic amines is 1. The minimum Gasteiger partial charge on any atom is -0.469 e. The molecule has 1 aromatic heterocycles. The van der Waals surface area contributed by atoms with Gasteiger partial charge < -0.3 is 28.5 Å². The first-order valence-corrected chi connectivity index (χ1v) is 19.4. The van der Waals surface area contributed by atoms with Gasteiger partial charge in [-0.1, -0.05) is 19.1 Å². The molecule has 47 heavy (non-hydrogen) atoms. The van der Waals surface area contributed by atoms with Gasteiger partial charge in [0.15, 0.2) is 5.60 Å². The zero-order chi connectivity index (χ0) is 33.7. The quantitative estimate of drug-likeness (QED) is 0.144. The number of para-hydroxylation sites is 1. The van der Waals surface area contributed by atoms with Crippen molar-refractivity contribution in [2.75, 3.05) is 31.7 Å². The van der Waals surface area contributed by atoms with Crippen molar-refractivity contribution < 1.29 is 33.1 Å². The summed E-state index contributed by atoms with van der Waals surface area (Å²) < 4.78 is 29.3. The van der Waals surface area contributed by atoms with Crippen molar-refractivity contribution in [1.29, 1.82) is 0 Å². The largest absolute Gasteiger partial charge is 0.469 e. The molecule has 2 aromatic carbocycles. The van der Waals surface area contributed by atoms with Crippen LogP contribution in [0.3, 0.4) is 0 Å². The Morgan fingerprint density at radius 1 is 1.17 bits per heavy atom. The highest BCUT2D eigenvalue weighted by atomic mass is 28.4. The molecule has 5 atom stereocenters. The number of esters is 1. The second kappa shape index (κ2) is 12.7. The summed E-state index contributed by atoms with van der Waals surface area (Å²) in [4.78, 5) is 56.7. The van der Waals surface area contributed by atoms with Crippen LogP contribution in [-0.4, -0.2) is 84.9 Å². The van der Waals surface area contributed by atoms with Crippen molar-refractivity contribution in [3.05, 3.63) is 58.4 Å². The van der Waals surface area contributed by atoms with Crippen LogP contribution in [0.1, 0.15) is 51.0 Å². The summed E-state index contributed by atoms with van der Waals surface area (Å²) in [5, 5.41) is 13.5. The van der Waals surface area contributed by atoms with Gasteiger partial charge in [-0.15, -0.1) is 0 Å². The van der Waals surface area contributed by atoms with Gasteiger partial charge in [-0.3, -0.25) is 24.3 Å². The number of methoxy groups -OCH3 is 1. The standard InChI is InChI=1S/C34H43FN4O7Si/c1-21-31(47(3,4)35)28(19-29(41)37-17-9-10-23(37)20-40)46-34(21)25-18-22(39-32(43)24-11-5-6-12-26(24)36-39)14-15-27(25)38(33(34)44)16-8-7-13-30(42)45-2/h5-6,11-12,14-15,18,21,23,28,31,36,40H,7-10,13,16-17,19-20H2,1-4H3/t21-,23-,28+,31-,34+/m0/s1. The fourth-order valence-electron chi connectivity index (χ4n) is 8.12. The number of aliphatic hydroxyl groups is 1. The lowest BCUT2D eigenvalue weighted by Gasteiger charge is -2.31. The van der Waals surface area contributed by atoms with E-state index in [-0.39, 0.29) is 48.8 Å². The van der Waals surface area contributed by atoms with Crippen molar-refractivity contribution in [3.63, 3.8) is 0 Å². The SMILES string of the molecule is COC(=O)CCCCN1C(=O)[C@]2(O[C@H](CC(=O)N3CCC[C@H]3CO)[C@@H]([Si](C)(C)F)[C@@H]2C)c2cc(-n3[nH]c4ccccc4c3=O)ccc21. The number of unbranched alkanes of at least 4 members (excludes halogenated alkanes) is 1. The van der Waals surface area contributed by atoms with Crippen LogP contribution in [0.2, 0.25) is 18.6 Å². The maximum absolute atomic E-state index is 16.3. The number of H-pyrrole nitrogens is 1. The third kappa shape index (κ3) is 5.61. The highest BCUT2D eigenvalue weighted by Gasteiger charge is 2.67. The van der Waals surface area contributed by atoms with E-state index in [9.17, 15) is 24.3 Å². The number of aliphatic hydroxyl groups excluding tert-OH is 1. The third-order valence-electron chi connectivity index (χ3n) is 10.3. The molecule has 0 saturated carbocycles. The first kappa shape index (κ1) is 33.1. The number of carbonyl (C=O) groups is 3. The number of benzene rings is 2. The van der Waals surface area contributed by atoms with Crippen LogP contribution in [0.15, 0.2) is 47.3 Å². The van der Waals surface area contributed by atoms with Gasteiger partial charge in [-0.25, -0.2) is 4.68 Å². The lowest BCUT2D eigenvalue weighted by Crippen LogP contribution is -2.45. The van der Waals surface area contributed by atoms with Crippen molar-refractivity contribution in [1.82, 2.24) is 14.7 Å². The highest BCUT2D eigenvalue weighted by Crippen LogP contribution is 2.60. The smallest absolute Gasteiger partial charge is 0.305 e. The number of halogens is 1. The van der Waals surface area contributed by atoms with Gasteiger partial charge in [0.2, 0.25) is 14.3 Å². The van der Waals surface area contributed by atoms with Gasteiger partial charge in [0.1, 0.15) is 0 Å². The van der Waals surface area contributed by atoms with Crippen LogP contribution in [-0.2, 0) is 29.5 Å². The molecule has 0 bridgehead atoms. The Bertz CT molecular complexity index is 1750. The lowest BCUT2D eigenvalue weighted by molar-refractivity contribution is -0.150. The summed E-state index contributed by atoms with van der Waals surface area (Å²) in [6, 6.07) is 12.2. The number of aromatic nitrogens is 2. The molecule has 3 aliphatic rings. The minimum atomic E-state index is -3.53. The first-order valence-electron chi connectivity index (χ1n) is 16.4. The Morgan fingerprint density at radius 3 is 2.64 bits per heavy atom. The number of rotatable bonds is 10. The molecular formula is C34H43FN4O7Si. The van der Waals surface area contributed by atoms with Crippen LogP contribution in [0.4, 0.5) is 9.80 Å². The monoisotopic (exact) mass is 666 g/mol. The molecule has 252 valence electrons. The van der Waals surface area contributed by atoms with Crippen molar-refractivity contribution in [2.45, 2.75) is 81.8 Å². The van der Waals surface area contributed by atoms with Gasteiger partial charge in [0.25, 0.3) is 11.5 Å². The first-order chi connectivity index (χ1) is 22.4. The maximum atomic E-state index is 16.3. The van der Waals surface area contributed by atoms with Gasteiger partial charge in [0.05, 0.1) is 54.6 Å². The van der Waals surface area contributed by atoms with Crippen LogP contribution >= 0.6 is 0 Å². The van der Waals surface area contributed by atoms with Crippen LogP contribution < -0.4 is 10.5 Å². The van der Waals surface area contributed by atoms with Crippen LogP contribution in [0, 0.1) is 5.92 Å². The fourth-order valence-corrected chi connectivity index (χ4v) is 10.6. The van der Waals surface area contributed by atoms with E-state index in [2.05, 4.69) is 5.10 Å². The van der Waals surface area contributed by atoms with E-state index >= 15 is 4.11 Å². The number of amides is 2. The minimum absolute atomic E-state index is 0.101. The van der Waals surface area contributed by atoms with Crippen molar-refractivity contribution in [2.24, 2.45) is 5.92 Å². The predicted molar refractivity (Wildman–Crippen MR) is 177 cm³/mol. The number of hydrogen-bond acceptors (Lipinski definition) is 7. The number of hydrogen-bond donors (Lipinski definition) is 2. The molecule has 0 aliphatic carbocycles. The average molecular weight is 667 g/mol. The molecule has 2 amide bonds. The number of anilines is 1. The van der Waals surface area contributed by atoms with E-state index < -0.39 is 31.6 Å². The third-order valence-corrected chi connectivity index (χ3v) is 12.8. The molecule has 0 radical (unpaired) electrons. The van der Waals surface area contributed by atoms with E-state index in [1.165, 1.54) is 11.8 Å². The van der Waals surface area contributed by atoms with Gasteiger partial charge in [0, 0.05) is 36.5 Å². The maximum Gasteiger partial charge on any atom is 0.305 e. The number of ether oxygens (including phenoxy) is 2. The van der Waals surface area contributed by atoms with Crippen molar-refractivity contribution in [3.8, 4) is 5.69 Å². The van der Waals surface area contributed by atoms with Crippen LogP contribution in [0.25, 0.3) is 16.6 Å². The number of nitrogens with one attached hydrogen (secondary N) is 1. The van der Waals surface area contributed by atoms with Gasteiger partial charge >= 0.3 is 5.97 Å². The Balaban J connectivity index is 1.42. The summed E-state index contributed by atoms with van der Waals surface area (Å²) in [5.41, 5.74) is -0.241. The Kier molecular flexibility index (Phi) is 8.92. The predicted octanol–water partition coefficient (Wildman–Crippen LogP) is 4.16. The van der Waals surface area contributed by atoms with E-state index in [4.69, 9.17) is 9.47 Å². The highest BCUT2D eigenvalue weighted by molar-refractivity contribution is 6.72. The second-order valence-electron chi connectivity index (χ2n) is 13.5. The summed E-state index contributed by atoms with van der Waals surface area (Å²) in [5.74, 6) is -1.52. The Morgan fingerprint density at radius 2 is 1.94 bits per heavy atom. The lowest BCUT2D eigenvalue weighted by atomic mass is 9.82. The van der Waals surface area contributed by atoms with Gasteiger partial charge in [-0.2, -0.15) is 0 Å². The number of nitrogens with zero attached hydrogens (tertiary/aromatic N) is 3. The molecular weight excluding hydrogens is 623 g/mol. The molecule has 2 N–H and O–H groups in total. The molecule has 6 rings (SSSR count). The molecule has 2 saturated heterocycles. The molecule has 1 spiro atoms. The topological polar surface area (TPSA) is 134 Å². The summed E-state index contributed by atoms with van der Waals surface area (Å²) in [7, 11) is -2.20. The normalized spacial score (nSPS) is 25.7.